The highest BCUT2D eigenvalue weighted by Gasteiger charge is 2.12. The molecule has 6 heteroatoms. The summed E-state index contributed by atoms with van der Waals surface area (Å²) in [6, 6.07) is 9.77. The largest absolute Gasteiger partial charge is 0.321 e. The molecule has 0 radical (unpaired) electrons. The van der Waals surface area contributed by atoms with Gasteiger partial charge in [0.15, 0.2) is 0 Å². The Morgan fingerprint density at radius 1 is 1.28 bits per heavy atom. The summed E-state index contributed by atoms with van der Waals surface area (Å²) in [6.45, 7) is 3.87. The number of anilines is 1. The van der Waals surface area contributed by atoms with Crippen LogP contribution >= 0.6 is 22.7 Å². The Morgan fingerprint density at radius 2 is 2.12 bits per heavy atom. The molecular weight excluding hydrogens is 350 g/mol. The Kier molecular flexibility index (Phi) is 5.08. The summed E-state index contributed by atoms with van der Waals surface area (Å²) in [5, 5.41) is 18.9. The normalized spacial score (nSPS) is 11.2. The van der Waals surface area contributed by atoms with Gasteiger partial charge in [0.05, 0.1) is 5.69 Å². The zero-order chi connectivity index (χ0) is 17.8. The van der Waals surface area contributed by atoms with Crippen LogP contribution < -0.4 is 5.32 Å². The van der Waals surface area contributed by atoms with Crippen molar-refractivity contribution in [2.75, 3.05) is 5.32 Å². The van der Waals surface area contributed by atoms with Crippen LogP contribution in [0.5, 0.6) is 0 Å². The third-order valence-corrected chi connectivity index (χ3v) is 5.18. The second-order valence-corrected chi connectivity index (χ2v) is 7.17. The fraction of sp³-hybridized carbons (Fsp3) is 0.105. The van der Waals surface area contributed by atoms with Gasteiger partial charge in [-0.05, 0) is 48.6 Å². The van der Waals surface area contributed by atoms with Gasteiger partial charge < -0.3 is 5.32 Å². The molecule has 4 nitrogen and oxygen atoms in total. The molecule has 0 spiro atoms. The van der Waals surface area contributed by atoms with Crippen molar-refractivity contribution in [3.05, 3.63) is 62.8 Å². The van der Waals surface area contributed by atoms with Crippen LogP contribution in [0.4, 0.5) is 5.69 Å². The number of nitrogens with zero attached hydrogens (tertiary/aromatic N) is 2. The maximum Gasteiger partial charge on any atom is 0.266 e. The van der Waals surface area contributed by atoms with Crippen LogP contribution in [0, 0.1) is 25.2 Å². The molecular formula is C19H15N3OS2. The number of aryl methyl sites for hydroxylation is 2. The molecule has 3 aromatic rings. The second-order valence-electron chi connectivity index (χ2n) is 5.53. The summed E-state index contributed by atoms with van der Waals surface area (Å²) in [7, 11) is 0. The van der Waals surface area contributed by atoms with Crippen LogP contribution in [-0.2, 0) is 4.79 Å². The Hall–Kier alpha value is -2.75. The van der Waals surface area contributed by atoms with Gasteiger partial charge in [-0.3, -0.25) is 4.79 Å². The number of rotatable bonds is 4. The van der Waals surface area contributed by atoms with Crippen LogP contribution in [0.2, 0.25) is 0 Å². The third kappa shape index (κ3) is 4.02. The highest BCUT2D eigenvalue weighted by molar-refractivity contribution is 7.14. The number of hydrogen-bond donors (Lipinski definition) is 1. The van der Waals surface area contributed by atoms with Gasteiger partial charge in [-0.1, -0.05) is 12.1 Å². The van der Waals surface area contributed by atoms with Crippen molar-refractivity contribution in [3.63, 3.8) is 0 Å². The van der Waals surface area contributed by atoms with Gasteiger partial charge in [-0.2, -0.15) is 16.6 Å². The van der Waals surface area contributed by atoms with Gasteiger partial charge >= 0.3 is 0 Å². The molecule has 3 rings (SSSR count). The van der Waals surface area contributed by atoms with Crippen LogP contribution in [0.3, 0.4) is 0 Å². The minimum Gasteiger partial charge on any atom is -0.321 e. The number of aromatic nitrogens is 1. The molecule has 0 unspecified atom stereocenters. The standard InChI is InChI=1S/C19H15N3OS2/c1-12-3-4-13(2)17(7-12)22-18(23)15(9-20)8-16-11-25-19(21-16)14-5-6-24-10-14/h3-8,10-11H,1-2H3,(H,22,23)/b15-8-. The van der Waals surface area contributed by atoms with Gasteiger partial charge in [-0.25, -0.2) is 4.98 Å². The Labute approximate surface area is 154 Å². The van der Waals surface area contributed by atoms with E-state index in [1.807, 2.05) is 60.3 Å². The Morgan fingerprint density at radius 3 is 2.84 bits per heavy atom. The van der Waals surface area contributed by atoms with Crippen molar-refractivity contribution in [2.45, 2.75) is 13.8 Å². The first-order chi connectivity index (χ1) is 12.1. The van der Waals surface area contributed by atoms with E-state index in [-0.39, 0.29) is 5.57 Å². The number of hydrogen-bond acceptors (Lipinski definition) is 5. The lowest BCUT2D eigenvalue weighted by atomic mass is 10.1. The lowest BCUT2D eigenvalue weighted by molar-refractivity contribution is -0.112. The van der Waals surface area contributed by atoms with Crippen LogP contribution in [0.1, 0.15) is 16.8 Å². The van der Waals surface area contributed by atoms with E-state index in [2.05, 4.69) is 10.3 Å². The first kappa shape index (κ1) is 17.1. The number of nitriles is 1. The summed E-state index contributed by atoms with van der Waals surface area (Å²) >= 11 is 3.10. The number of thiophene rings is 1. The number of carbonyl (C=O) groups excluding carboxylic acids is 1. The maximum absolute atomic E-state index is 12.4. The van der Waals surface area contributed by atoms with Crippen molar-refractivity contribution >= 4 is 40.3 Å². The quantitative estimate of drug-likeness (QED) is 0.521. The zero-order valence-corrected chi connectivity index (χ0v) is 15.4. The minimum atomic E-state index is -0.429. The van der Waals surface area contributed by atoms with Crippen LogP contribution in [0.15, 0.2) is 46.0 Å². The molecule has 2 heterocycles. The van der Waals surface area contributed by atoms with E-state index in [1.165, 1.54) is 17.4 Å². The second kappa shape index (κ2) is 7.43. The predicted molar refractivity (Wildman–Crippen MR) is 104 cm³/mol. The minimum absolute atomic E-state index is 0.0306. The number of nitrogens with one attached hydrogen (secondary N) is 1. The van der Waals surface area contributed by atoms with Crippen molar-refractivity contribution < 1.29 is 4.79 Å². The summed E-state index contributed by atoms with van der Waals surface area (Å²) in [5.41, 5.74) is 4.39. The molecule has 0 saturated carbocycles. The fourth-order valence-corrected chi connectivity index (χ4v) is 3.72. The molecule has 124 valence electrons. The van der Waals surface area contributed by atoms with Crippen molar-refractivity contribution in [1.82, 2.24) is 4.98 Å². The SMILES string of the molecule is Cc1ccc(C)c(NC(=O)/C(C#N)=C\c2csc(-c3ccsc3)n2)c1. The Bertz CT molecular complexity index is 979. The molecule has 0 aliphatic carbocycles. The first-order valence-electron chi connectivity index (χ1n) is 7.55. The van der Waals surface area contributed by atoms with Crippen molar-refractivity contribution in [3.8, 4) is 16.6 Å². The molecule has 1 amide bonds. The molecule has 0 bridgehead atoms. The van der Waals surface area contributed by atoms with E-state index < -0.39 is 5.91 Å². The van der Waals surface area contributed by atoms with E-state index in [0.29, 0.717) is 11.4 Å². The molecule has 0 aliphatic rings. The molecule has 0 aliphatic heterocycles. The first-order valence-corrected chi connectivity index (χ1v) is 9.37. The molecule has 0 saturated heterocycles. The average molecular weight is 365 g/mol. The van der Waals surface area contributed by atoms with Crippen LogP contribution in [0.25, 0.3) is 16.6 Å². The predicted octanol–water partition coefficient (Wildman–Crippen LogP) is 5.03. The third-order valence-electron chi connectivity index (χ3n) is 3.59. The summed E-state index contributed by atoms with van der Waals surface area (Å²) < 4.78 is 0. The highest BCUT2D eigenvalue weighted by Crippen LogP contribution is 2.26. The summed E-state index contributed by atoms with van der Waals surface area (Å²) in [5.74, 6) is -0.429. The van der Waals surface area contributed by atoms with E-state index >= 15 is 0 Å². The van der Waals surface area contributed by atoms with Gasteiger partial charge in [0, 0.05) is 22.0 Å². The number of carbonyl (C=O) groups is 1. The van der Waals surface area contributed by atoms with E-state index in [9.17, 15) is 10.1 Å². The highest BCUT2D eigenvalue weighted by atomic mass is 32.1. The van der Waals surface area contributed by atoms with Crippen LogP contribution in [-0.4, -0.2) is 10.9 Å². The van der Waals surface area contributed by atoms with Gasteiger partial charge in [-0.15, -0.1) is 11.3 Å². The maximum atomic E-state index is 12.4. The van der Waals surface area contributed by atoms with Gasteiger partial charge in [0.1, 0.15) is 16.6 Å². The number of thiazole rings is 1. The molecule has 0 fully saturated rings. The van der Waals surface area contributed by atoms with E-state index in [4.69, 9.17) is 0 Å². The molecule has 0 atom stereocenters. The molecule has 1 N–H and O–H groups in total. The van der Waals surface area contributed by atoms with Crippen molar-refractivity contribution in [1.29, 1.82) is 5.26 Å². The van der Waals surface area contributed by atoms with Crippen molar-refractivity contribution in [2.24, 2.45) is 0 Å². The lowest BCUT2D eigenvalue weighted by Crippen LogP contribution is -2.14. The molecule has 25 heavy (non-hydrogen) atoms. The van der Waals surface area contributed by atoms with Gasteiger partial charge in [0.2, 0.25) is 0 Å². The zero-order valence-electron chi connectivity index (χ0n) is 13.7. The van der Waals surface area contributed by atoms with Gasteiger partial charge in [0.25, 0.3) is 5.91 Å². The smallest absolute Gasteiger partial charge is 0.266 e. The molecule has 1 aromatic carbocycles. The Balaban J connectivity index is 1.82. The monoisotopic (exact) mass is 365 g/mol. The van der Waals surface area contributed by atoms with E-state index in [0.717, 1.165) is 21.7 Å². The average Bonchev–Trinajstić information content (AvgIpc) is 3.27. The summed E-state index contributed by atoms with van der Waals surface area (Å²) in [6.07, 6.45) is 1.52. The lowest BCUT2D eigenvalue weighted by Gasteiger charge is -2.08. The number of amides is 1. The van der Waals surface area contributed by atoms with E-state index in [1.54, 1.807) is 11.3 Å². The molecule has 2 aromatic heterocycles. The fourth-order valence-electron chi connectivity index (χ4n) is 2.23. The summed E-state index contributed by atoms with van der Waals surface area (Å²) in [4.78, 5) is 16.9. The topological polar surface area (TPSA) is 65.8 Å². The number of benzene rings is 1.